The van der Waals surface area contributed by atoms with E-state index in [1.54, 1.807) is 4.90 Å². The Morgan fingerprint density at radius 3 is 2.96 bits per heavy atom. The summed E-state index contributed by atoms with van der Waals surface area (Å²) in [7, 11) is 0. The summed E-state index contributed by atoms with van der Waals surface area (Å²) in [5.74, 6) is 0.778. The average molecular weight is 349 g/mol. The van der Waals surface area contributed by atoms with E-state index in [2.05, 4.69) is 4.98 Å². The van der Waals surface area contributed by atoms with Crippen LogP contribution in [0.4, 0.5) is 5.13 Å². The molecule has 1 aromatic heterocycles. The van der Waals surface area contributed by atoms with Crippen LogP contribution in [-0.4, -0.2) is 54.0 Å². The number of rotatable bonds is 6. The average Bonchev–Trinajstić information content (AvgIpc) is 2.96. The molecule has 130 valence electrons. The number of carbonyl (C=O) groups is 2. The number of carbonyl (C=O) groups excluding carboxylic acids is 2. The molecule has 0 radical (unpaired) electrons. The minimum absolute atomic E-state index is 0.142. The lowest BCUT2D eigenvalue weighted by atomic mass is 10.1. The van der Waals surface area contributed by atoms with E-state index in [9.17, 15) is 9.59 Å². The summed E-state index contributed by atoms with van der Waals surface area (Å²) in [6.45, 7) is 3.14. The molecule has 6 nitrogen and oxygen atoms in total. The second kappa shape index (κ2) is 6.80. The first-order valence-corrected chi connectivity index (χ1v) is 9.70. The van der Waals surface area contributed by atoms with Gasteiger partial charge in [0.05, 0.1) is 18.7 Å². The summed E-state index contributed by atoms with van der Waals surface area (Å²) in [5.41, 5.74) is 0.785. The van der Waals surface area contributed by atoms with E-state index >= 15 is 0 Å². The highest BCUT2D eigenvalue weighted by atomic mass is 32.1. The summed E-state index contributed by atoms with van der Waals surface area (Å²) in [6.07, 6.45) is 5.11. The number of thiazole rings is 1. The molecule has 1 aromatic rings. The fourth-order valence-corrected chi connectivity index (χ4v) is 4.32. The maximum Gasteiger partial charge on any atom is 0.228 e. The molecule has 0 spiro atoms. The van der Waals surface area contributed by atoms with Crippen molar-refractivity contribution in [2.24, 2.45) is 5.92 Å². The normalized spacial score (nSPS) is 23.9. The van der Waals surface area contributed by atoms with Crippen LogP contribution in [0.25, 0.3) is 0 Å². The number of amides is 2. The fraction of sp³-hybridized carbons (Fsp3) is 0.706. The Hall–Kier alpha value is -1.47. The molecule has 2 saturated heterocycles. The minimum atomic E-state index is 0.142. The highest BCUT2D eigenvalue weighted by Crippen LogP contribution is 2.30. The Balaban J connectivity index is 1.39. The maximum atomic E-state index is 12.7. The number of nitrogens with zero attached hydrogens (tertiary/aromatic N) is 3. The van der Waals surface area contributed by atoms with Gasteiger partial charge in [-0.05, 0) is 25.7 Å². The summed E-state index contributed by atoms with van der Waals surface area (Å²) in [6, 6.07) is 0.413. The van der Waals surface area contributed by atoms with Crippen LogP contribution < -0.4 is 4.90 Å². The third-order valence-electron chi connectivity index (χ3n) is 4.96. The van der Waals surface area contributed by atoms with E-state index in [0.717, 1.165) is 62.8 Å². The lowest BCUT2D eigenvalue weighted by Gasteiger charge is -2.25. The van der Waals surface area contributed by atoms with Gasteiger partial charge in [0.2, 0.25) is 11.8 Å². The summed E-state index contributed by atoms with van der Waals surface area (Å²) < 4.78 is 5.44. The third kappa shape index (κ3) is 3.47. The van der Waals surface area contributed by atoms with Crippen molar-refractivity contribution in [2.75, 3.05) is 31.2 Å². The Labute approximate surface area is 145 Å². The van der Waals surface area contributed by atoms with Crippen molar-refractivity contribution in [2.45, 2.75) is 44.6 Å². The van der Waals surface area contributed by atoms with Crippen LogP contribution in [0.3, 0.4) is 0 Å². The van der Waals surface area contributed by atoms with Crippen molar-refractivity contribution in [1.29, 1.82) is 0 Å². The van der Waals surface area contributed by atoms with E-state index < -0.39 is 0 Å². The van der Waals surface area contributed by atoms with Gasteiger partial charge >= 0.3 is 0 Å². The number of hydrogen-bond acceptors (Lipinski definition) is 5. The van der Waals surface area contributed by atoms with Gasteiger partial charge in [-0.25, -0.2) is 4.98 Å². The summed E-state index contributed by atoms with van der Waals surface area (Å²) in [5, 5.41) is 2.66. The van der Waals surface area contributed by atoms with Crippen molar-refractivity contribution < 1.29 is 14.3 Å². The standard InChI is InChI=1S/C17H23N3O3S/c21-15-2-1-6-19(15)17-18-13(11-24-17)8-16(22)20(14-3-4-14)9-12-5-7-23-10-12/h11-12,14H,1-10H2/t12-/m1/s1. The van der Waals surface area contributed by atoms with E-state index in [-0.39, 0.29) is 11.8 Å². The molecule has 2 amide bonds. The van der Waals surface area contributed by atoms with Gasteiger partial charge in [-0.15, -0.1) is 11.3 Å². The zero-order chi connectivity index (χ0) is 16.5. The largest absolute Gasteiger partial charge is 0.381 e. The molecule has 0 unspecified atom stereocenters. The zero-order valence-corrected chi connectivity index (χ0v) is 14.6. The van der Waals surface area contributed by atoms with Gasteiger partial charge in [-0.1, -0.05) is 0 Å². The van der Waals surface area contributed by atoms with Crippen molar-refractivity contribution in [3.63, 3.8) is 0 Å². The Morgan fingerprint density at radius 1 is 1.42 bits per heavy atom. The van der Waals surface area contributed by atoms with Crippen LogP contribution >= 0.6 is 11.3 Å². The summed E-state index contributed by atoms with van der Waals surface area (Å²) >= 11 is 1.46. The van der Waals surface area contributed by atoms with E-state index in [0.29, 0.717) is 24.8 Å². The first-order chi connectivity index (χ1) is 11.7. The van der Waals surface area contributed by atoms with E-state index in [1.165, 1.54) is 11.3 Å². The van der Waals surface area contributed by atoms with Crippen LogP contribution in [0.2, 0.25) is 0 Å². The third-order valence-corrected chi connectivity index (χ3v) is 5.88. The van der Waals surface area contributed by atoms with Crippen molar-refractivity contribution in [3.8, 4) is 0 Å². The highest BCUT2D eigenvalue weighted by Gasteiger charge is 2.35. The predicted octanol–water partition coefficient (Wildman–Crippen LogP) is 1.84. The Kier molecular flexibility index (Phi) is 4.54. The SMILES string of the molecule is O=C1CCCN1c1nc(CC(=O)N(C[C@H]2CCOC2)C2CC2)cs1. The van der Waals surface area contributed by atoms with Crippen LogP contribution in [0.15, 0.2) is 5.38 Å². The maximum absolute atomic E-state index is 12.7. The minimum Gasteiger partial charge on any atom is -0.381 e. The smallest absolute Gasteiger partial charge is 0.228 e. The molecule has 4 rings (SSSR count). The molecule has 3 heterocycles. The number of anilines is 1. The van der Waals surface area contributed by atoms with Gasteiger partial charge in [0, 0.05) is 43.5 Å². The molecule has 1 atom stereocenters. The quantitative estimate of drug-likeness (QED) is 0.786. The van der Waals surface area contributed by atoms with Crippen LogP contribution in [0, 0.1) is 5.92 Å². The van der Waals surface area contributed by atoms with E-state index in [1.807, 2.05) is 10.3 Å². The molecule has 0 N–H and O–H groups in total. The fourth-order valence-electron chi connectivity index (χ4n) is 3.45. The predicted molar refractivity (Wildman–Crippen MR) is 91.1 cm³/mol. The van der Waals surface area contributed by atoms with Crippen LogP contribution in [0.1, 0.15) is 37.8 Å². The van der Waals surface area contributed by atoms with Gasteiger partial charge < -0.3 is 9.64 Å². The molecule has 0 aromatic carbocycles. The number of hydrogen-bond donors (Lipinski definition) is 0. The van der Waals surface area contributed by atoms with Crippen molar-refractivity contribution in [1.82, 2.24) is 9.88 Å². The second-order valence-corrected chi connectivity index (χ2v) is 7.79. The molecule has 3 fully saturated rings. The topological polar surface area (TPSA) is 62.7 Å². The number of ether oxygens (including phenoxy) is 1. The Bertz CT molecular complexity index is 622. The van der Waals surface area contributed by atoms with Crippen LogP contribution in [0.5, 0.6) is 0 Å². The van der Waals surface area contributed by atoms with Crippen molar-refractivity contribution in [3.05, 3.63) is 11.1 Å². The van der Waals surface area contributed by atoms with Gasteiger partial charge in [0.25, 0.3) is 0 Å². The van der Waals surface area contributed by atoms with Gasteiger partial charge in [-0.2, -0.15) is 0 Å². The zero-order valence-electron chi connectivity index (χ0n) is 13.8. The Morgan fingerprint density at radius 2 is 2.29 bits per heavy atom. The molecule has 0 bridgehead atoms. The molecule has 7 heteroatoms. The van der Waals surface area contributed by atoms with Crippen molar-refractivity contribution >= 4 is 28.3 Å². The number of aromatic nitrogens is 1. The molecule has 1 saturated carbocycles. The van der Waals surface area contributed by atoms with Crippen LogP contribution in [-0.2, 0) is 20.7 Å². The van der Waals surface area contributed by atoms with E-state index in [4.69, 9.17) is 4.74 Å². The molecular weight excluding hydrogens is 326 g/mol. The molecule has 1 aliphatic carbocycles. The first-order valence-electron chi connectivity index (χ1n) is 8.82. The monoisotopic (exact) mass is 349 g/mol. The summed E-state index contributed by atoms with van der Waals surface area (Å²) in [4.78, 5) is 32.9. The first kappa shape index (κ1) is 16.0. The van der Waals surface area contributed by atoms with Gasteiger partial charge in [0.15, 0.2) is 5.13 Å². The highest BCUT2D eigenvalue weighted by molar-refractivity contribution is 7.14. The lowest BCUT2D eigenvalue weighted by Crippen LogP contribution is -2.38. The molecular formula is C17H23N3O3S. The molecule has 2 aliphatic heterocycles. The lowest BCUT2D eigenvalue weighted by molar-refractivity contribution is -0.131. The van der Waals surface area contributed by atoms with Gasteiger partial charge in [-0.3, -0.25) is 14.5 Å². The molecule has 24 heavy (non-hydrogen) atoms. The second-order valence-electron chi connectivity index (χ2n) is 6.95. The van der Waals surface area contributed by atoms with Gasteiger partial charge in [0.1, 0.15) is 0 Å². The molecule has 3 aliphatic rings.